The van der Waals surface area contributed by atoms with Crippen LogP contribution in [0.3, 0.4) is 0 Å². The van der Waals surface area contributed by atoms with E-state index >= 15 is 0 Å². The summed E-state index contributed by atoms with van der Waals surface area (Å²) in [4.78, 5) is 4.32. The third-order valence-corrected chi connectivity index (χ3v) is 4.70. The first-order chi connectivity index (χ1) is 11.3. The lowest BCUT2D eigenvalue weighted by Gasteiger charge is -2.12. The Labute approximate surface area is 141 Å². The molecule has 0 spiro atoms. The lowest BCUT2D eigenvalue weighted by Crippen LogP contribution is -2.19. The number of benzene rings is 1. The molecule has 5 nitrogen and oxygen atoms in total. The van der Waals surface area contributed by atoms with Crippen molar-refractivity contribution in [3.8, 4) is 5.69 Å². The Morgan fingerprint density at radius 1 is 1.21 bits per heavy atom. The molecule has 3 rings (SSSR count). The van der Waals surface area contributed by atoms with Crippen molar-refractivity contribution >= 4 is 28.1 Å². The van der Waals surface area contributed by atoms with Gasteiger partial charge >= 0.3 is 0 Å². The Hall–Kier alpha value is -2.41. The van der Waals surface area contributed by atoms with Crippen LogP contribution in [0, 0.1) is 5.82 Å². The summed E-state index contributed by atoms with van der Waals surface area (Å²) in [5, 5.41) is 5.19. The van der Waals surface area contributed by atoms with Gasteiger partial charge in [-0.1, -0.05) is 0 Å². The third-order valence-electron chi connectivity index (χ3n) is 3.35. The third kappa shape index (κ3) is 3.41. The molecule has 24 heavy (non-hydrogen) atoms. The van der Waals surface area contributed by atoms with Crippen molar-refractivity contribution < 1.29 is 8.60 Å². The monoisotopic (exact) mass is 344 g/mol. The molecule has 0 aliphatic carbocycles. The first kappa shape index (κ1) is 16.4. The zero-order chi connectivity index (χ0) is 17.3. The molecule has 0 fully saturated rings. The zero-order valence-electron chi connectivity index (χ0n) is 13.6. The number of aromatic nitrogens is 3. The van der Waals surface area contributed by atoms with E-state index in [-0.39, 0.29) is 5.82 Å². The van der Waals surface area contributed by atoms with Crippen molar-refractivity contribution in [1.29, 1.82) is 0 Å². The maximum atomic E-state index is 13.0. The van der Waals surface area contributed by atoms with E-state index in [9.17, 15) is 8.60 Å². The summed E-state index contributed by atoms with van der Waals surface area (Å²) in [7, 11) is -1.33. The van der Waals surface area contributed by atoms with E-state index in [4.69, 9.17) is 0 Å². The van der Waals surface area contributed by atoms with Gasteiger partial charge in [0.1, 0.15) is 16.8 Å². The lowest BCUT2D eigenvalue weighted by molar-refractivity contribution is 0.627. The Morgan fingerprint density at radius 3 is 2.58 bits per heavy atom. The van der Waals surface area contributed by atoms with Crippen molar-refractivity contribution in [1.82, 2.24) is 14.8 Å². The number of hydrogen-bond donors (Lipinski definition) is 0. The van der Waals surface area contributed by atoms with Gasteiger partial charge in [0.15, 0.2) is 0 Å². The molecule has 0 amide bonds. The zero-order valence-corrected chi connectivity index (χ0v) is 14.4. The van der Waals surface area contributed by atoms with E-state index in [1.54, 1.807) is 29.2 Å². The fourth-order valence-corrected chi connectivity index (χ4v) is 2.58. The SMILES string of the molecule is CC(C)(C)[S@@](=O)/N=C/c1cc2cnn(-c3ccc(F)cc3)c2cn1. The topological polar surface area (TPSA) is 60.1 Å². The van der Waals surface area contributed by atoms with Crippen molar-refractivity contribution in [2.24, 2.45) is 4.40 Å². The number of halogens is 1. The number of hydrogen-bond acceptors (Lipinski definition) is 3. The smallest absolute Gasteiger partial charge is 0.144 e. The Bertz CT molecular complexity index is 926. The maximum Gasteiger partial charge on any atom is 0.144 e. The Balaban J connectivity index is 1.92. The molecule has 3 aromatic rings. The highest BCUT2D eigenvalue weighted by molar-refractivity contribution is 7.85. The minimum atomic E-state index is -1.33. The molecule has 2 heterocycles. The van der Waals surface area contributed by atoms with Gasteiger partial charge in [0.05, 0.1) is 40.3 Å². The van der Waals surface area contributed by atoms with Crippen LogP contribution in [-0.4, -0.2) is 29.9 Å². The van der Waals surface area contributed by atoms with Gasteiger partial charge in [-0.2, -0.15) is 9.50 Å². The fraction of sp³-hybridized carbons (Fsp3) is 0.235. The second-order valence-electron chi connectivity index (χ2n) is 6.30. The van der Waals surface area contributed by atoms with E-state index in [0.717, 1.165) is 16.6 Å². The molecule has 0 unspecified atom stereocenters. The summed E-state index contributed by atoms with van der Waals surface area (Å²) in [6.45, 7) is 5.59. The van der Waals surface area contributed by atoms with Crippen LogP contribution in [0.5, 0.6) is 0 Å². The molecule has 1 aromatic carbocycles. The molecule has 0 saturated heterocycles. The highest BCUT2D eigenvalue weighted by Crippen LogP contribution is 2.18. The van der Waals surface area contributed by atoms with Gasteiger partial charge < -0.3 is 0 Å². The molecular weight excluding hydrogens is 327 g/mol. The second-order valence-corrected chi connectivity index (χ2v) is 8.23. The van der Waals surface area contributed by atoms with Crippen molar-refractivity contribution in [2.45, 2.75) is 25.5 Å². The average Bonchev–Trinajstić information content (AvgIpc) is 2.95. The number of fused-ring (bicyclic) bond motifs is 1. The minimum Gasteiger partial charge on any atom is -0.253 e. The van der Waals surface area contributed by atoms with Crippen LogP contribution in [0.2, 0.25) is 0 Å². The summed E-state index contributed by atoms with van der Waals surface area (Å²) in [5.41, 5.74) is 2.16. The van der Waals surface area contributed by atoms with Gasteiger partial charge in [-0.3, -0.25) is 4.98 Å². The molecule has 0 aliphatic heterocycles. The van der Waals surface area contributed by atoms with Crippen molar-refractivity contribution in [2.75, 3.05) is 0 Å². The Morgan fingerprint density at radius 2 is 1.92 bits per heavy atom. The van der Waals surface area contributed by atoms with Crippen LogP contribution in [0.15, 0.2) is 47.1 Å². The van der Waals surface area contributed by atoms with Gasteiger partial charge in [0.25, 0.3) is 0 Å². The summed E-state index contributed by atoms with van der Waals surface area (Å²) < 4.78 is 30.3. The number of nitrogens with zero attached hydrogens (tertiary/aromatic N) is 4. The van der Waals surface area contributed by atoms with Crippen LogP contribution in [-0.2, 0) is 11.0 Å². The van der Waals surface area contributed by atoms with Crippen molar-refractivity contribution in [3.63, 3.8) is 0 Å². The summed E-state index contributed by atoms with van der Waals surface area (Å²) in [6, 6.07) is 7.91. The molecule has 0 aliphatic rings. The largest absolute Gasteiger partial charge is 0.253 e. The fourth-order valence-electron chi connectivity index (χ4n) is 2.06. The molecule has 0 N–H and O–H groups in total. The predicted octanol–water partition coefficient (Wildman–Crippen LogP) is 3.44. The first-order valence-electron chi connectivity index (χ1n) is 7.40. The highest BCUT2D eigenvalue weighted by atomic mass is 32.2. The molecule has 2 aromatic heterocycles. The van der Waals surface area contributed by atoms with Gasteiger partial charge in [-0.25, -0.2) is 13.3 Å². The Kier molecular flexibility index (Phi) is 4.28. The quantitative estimate of drug-likeness (QED) is 0.684. The number of pyridine rings is 1. The predicted molar refractivity (Wildman–Crippen MR) is 94.3 cm³/mol. The number of rotatable bonds is 3. The summed E-state index contributed by atoms with van der Waals surface area (Å²) >= 11 is 0. The molecule has 0 bridgehead atoms. The van der Waals surface area contributed by atoms with Gasteiger partial charge in [-0.15, -0.1) is 0 Å². The second kappa shape index (κ2) is 6.24. The van der Waals surface area contributed by atoms with Crippen LogP contribution >= 0.6 is 0 Å². The lowest BCUT2D eigenvalue weighted by atomic mass is 10.2. The van der Waals surface area contributed by atoms with E-state index in [1.807, 2.05) is 26.8 Å². The molecule has 1 atom stereocenters. The van der Waals surface area contributed by atoms with E-state index < -0.39 is 15.7 Å². The molecule has 0 radical (unpaired) electrons. The molecule has 7 heteroatoms. The standard InChI is InChI=1S/C17H17FN4OS/c1-17(2,3)24(23)21-10-14-8-12-9-20-22(16(12)11-19-14)15-6-4-13(18)5-7-15/h4-11H,1-3H3/b21-10+/t24-/m1/s1. The summed E-state index contributed by atoms with van der Waals surface area (Å²) in [6.07, 6.45) is 4.89. The van der Waals surface area contributed by atoms with Crippen LogP contribution < -0.4 is 0 Å². The van der Waals surface area contributed by atoms with Crippen LogP contribution in [0.4, 0.5) is 4.39 Å². The first-order valence-corrected chi connectivity index (χ1v) is 8.51. The molecule has 124 valence electrons. The van der Waals surface area contributed by atoms with E-state index in [0.29, 0.717) is 5.69 Å². The molecule has 0 saturated carbocycles. The van der Waals surface area contributed by atoms with E-state index in [2.05, 4.69) is 14.5 Å². The summed E-state index contributed by atoms with van der Waals surface area (Å²) in [5.74, 6) is -0.293. The average molecular weight is 344 g/mol. The van der Waals surface area contributed by atoms with Crippen LogP contribution in [0.25, 0.3) is 16.6 Å². The van der Waals surface area contributed by atoms with Crippen LogP contribution in [0.1, 0.15) is 26.5 Å². The normalized spacial score (nSPS) is 13.7. The van der Waals surface area contributed by atoms with E-state index in [1.165, 1.54) is 18.3 Å². The van der Waals surface area contributed by atoms with Gasteiger partial charge in [-0.05, 0) is 51.1 Å². The molecular formula is C17H17FN4OS. The van der Waals surface area contributed by atoms with Gasteiger partial charge in [0, 0.05) is 5.39 Å². The minimum absolute atomic E-state index is 0.293. The maximum absolute atomic E-state index is 13.0. The highest BCUT2D eigenvalue weighted by Gasteiger charge is 2.18. The van der Waals surface area contributed by atoms with Crippen molar-refractivity contribution in [3.05, 3.63) is 54.2 Å². The van der Waals surface area contributed by atoms with Gasteiger partial charge in [0.2, 0.25) is 0 Å².